The Morgan fingerprint density at radius 1 is 0.486 bits per heavy atom. The van der Waals surface area contributed by atoms with Crippen molar-refractivity contribution in [3.63, 3.8) is 0 Å². The van der Waals surface area contributed by atoms with Crippen LogP contribution in [0.25, 0.3) is 0 Å². The fourth-order valence-corrected chi connectivity index (χ4v) is 4.69. The van der Waals surface area contributed by atoms with Gasteiger partial charge in [0.25, 0.3) is 0 Å². The summed E-state index contributed by atoms with van der Waals surface area (Å²) in [5.41, 5.74) is 5.47. The summed E-state index contributed by atoms with van der Waals surface area (Å²) in [6.07, 6.45) is 41.2. The highest BCUT2D eigenvalue weighted by molar-refractivity contribution is 5.66. The summed E-state index contributed by atoms with van der Waals surface area (Å²) in [7, 11) is 0. The molecule has 0 saturated heterocycles. The van der Waals surface area contributed by atoms with Crippen molar-refractivity contribution in [1.29, 1.82) is 0 Å². The van der Waals surface area contributed by atoms with Gasteiger partial charge in [-0.15, -0.1) is 0 Å². The Morgan fingerprint density at radius 3 is 1.11 bits per heavy atom. The van der Waals surface area contributed by atoms with E-state index in [1.54, 1.807) is 0 Å². The van der Waals surface area contributed by atoms with Crippen molar-refractivity contribution in [1.82, 2.24) is 0 Å². The van der Waals surface area contributed by atoms with Crippen LogP contribution in [0.4, 0.5) is 0 Å². The lowest BCUT2D eigenvalue weighted by Gasteiger charge is -2.02. The summed E-state index contributed by atoms with van der Waals surface area (Å²) in [4.78, 5) is 10.3. The lowest BCUT2D eigenvalue weighted by Crippen LogP contribution is -1.97. The maximum Gasteiger partial charge on any atom is 0.303 e. The monoisotopic (exact) mass is 524 g/mol. The second kappa shape index (κ2) is 37.3. The first-order valence-electron chi connectivity index (χ1n) is 16.8. The minimum absolute atomic E-state index is 0.345. The average molecular weight is 524 g/mol. The maximum atomic E-state index is 10.3. The molecule has 0 aromatic rings. The van der Waals surface area contributed by atoms with Gasteiger partial charge in [-0.2, -0.15) is 0 Å². The Kier molecular flexibility index (Phi) is 38.7. The molecule has 0 bridgehead atoms. The molecular formula is C34H69NO2. The zero-order chi connectivity index (χ0) is 27.5. The van der Waals surface area contributed by atoms with Gasteiger partial charge >= 0.3 is 5.97 Å². The topological polar surface area (TPSA) is 63.3 Å². The molecular weight excluding hydrogens is 454 g/mol. The van der Waals surface area contributed by atoms with Gasteiger partial charge in [-0.3, -0.25) is 4.79 Å². The van der Waals surface area contributed by atoms with Crippen LogP contribution >= 0.6 is 0 Å². The van der Waals surface area contributed by atoms with Crippen molar-refractivity contribution in [3.8, 4) is 0 Å². The highest BCUT2D eigenvalue weighted by Crippen LogP contribution is 2.13. The molecule has 3 nitrogen and oxygen atoms in total. The average Bonchev–Trinajstić information content (AvgIpc) is 2.89. The van der Waals surface area contributed by atoms with Crippen LogP contribution in [-0.4, -0.2) is 17.6 Å². The van der Waals surface area contributed by atoms with Gasteiger partial charge in [-0.25, -0.2) is 0 Å². The second-order valence-corrected chi connectivity index (χ2v) is 11.1. The van der Waals surface area contributed by atoms with E-state index in [2.05, 4.69) is 26.0 Å². The summed E-state index contributed by atoms with van der Waals surface area (Å²) in [5.74, 6) is -0.655. The molecule has 0 saturated carbocycles. The second-order valence-electron chi connectivity index (χ2n) is 11.1. The van der Waals surface area contributed by atoms with Crippen LogP contribution in [-0.2, 0) is 4.79 Å². The molecule has 0 aliphatic rings. The first-order valence-corrected chi connectivity index (χ1v) is 16.8. The molecule has 37 heavy (non-hydrogen) atoms. The van der Waals surface area contributed by atoms with Gasteiger partial charge in [0.15, 0.2) is 0 Å². The Hall–Kier alpha value is -0.830. The van der Waals surface area contributed by atoms with Gasteiger partial charge in [0, 0.05) is 6.42 Å². The van der Waals surface area contributed by atoms with Gasteiger partial charge < -0.3 is 10.8 Å². The van der Waals surface area contributed by atoms with E-state index < -0.39 is 5.97 Å². The molecule has 0 aromatic carbocycles. The number of hydrogen-bond acceptors (Lipinski definition) is 2. The number of carboxylic acids is 1. The third-order valence-electron chi connectivity index (χ3n) is 7.21. The number of nitrogens with two attached hydrogens (primary N) is 1. The Morgan fingerprint density at radius 2 is 0.784 bits per heavy atom. The summed E-state index contributed by atoms with van der Waals surface area (Å²) >= 11 is 0. The van der Waals surface area contributed by atoms with Crippen molar-refractivity contribution < 1.29 is 9.90 Å². The van der Waals surface area contributed by atoms with Gasteiger partial charge in [0.05, 0.1) is 0 Å². The predicted octanol–water partition coefficient (Wildman–Crippen LogP) is 11.5. The molecule has 222 valence electrons. The third kappa shape index (κ3) is 42.5. The molecule has 0 spiro atoms. The lowest BCUT2D eigenvalue weighted by atomic mass is 10.0. The molecule has 0 atom stereocenters. The van der Waals surface area contributed by atoms with Crippen molar-refractivity contribution in [3.05, 3.63) is 12.2 Å². The molecule has 0 aromatic heterocycles. The summed E-state index contributed by atoms with van der Waals surface area (Å²) < 4.78 is 0. The van der Waals surface area contributed by atoms with Crippen molar-refractivity contribution in [2.45, 2.75) is 194 Å². The molecule has 0 fully saturated rings. The number of aliphatic carboxylic acids is 1. The first kappa shape index (κ1) is 38.3. The quantitative estimate of drug-likeness (QED) is 0.0756. The fraction of sp³-hybridized carbons (Fsp3) is 0.912. The molecule has 3 heteroatoms. The van der Waals surface area contributed by atoms with E-state index in [9.17, 15) is 4.79 Å². The van der Waals surface area contributed by atoms with Crippen LogP contribution in [0.1, 0.15) is 194 Å². The van der Waals surface area contributed by atoms with Crippen molar-refractivity contribution in [2.24, 2.45) is 5.73 Å². The van der Waals surface area contributed by atoms with Gasteiger partial charge in [0.1, 0.15) is 0 Å². The molecule has 0 amide bonds. The minimum Gasteiger partial charge on any atom is -0.481 e. The van der Waals surface area contributed by atoms with Gasteiger partial charge in [-0.1, -0.05) is 161 Å². The van der Waals surface area contributed by atoms with Crippen LogP contribution in [0.15, 0.2) is 12.2 Å². The zero-order valence-electron chi connectivity index (χ0n) is 25.6. The molecule has 0 rings (SSSR count). The zero-order valence-corrected chi connectivity index (χ0v) is 25.6. The normalized spacial score (nSPS) is 11.1. The Balaban J connectivity index is 0. The van der Waals surface area contributed by atoms with E-state index in [0.29, 0.717) is 6.42 Å². The SMILES string of the molecule is CCCCCCCC/C=C\CCCCCCCCN.CCCCCCCCCCCCCCCC(=O)O. The summed E-state index contributed by atoms with van der Waals surface area (Å²) in [5, 5.41) is 8.49. The Labute approximate surface area is 233 Å². The number of rotatable bonds is 29. The van der Waals surface area contributed by atoms with Gasteiger partial charge in [0.2, 0.25) is 0 Å². The standard InChI is InChI=1S/C18H37N.C16H32O2/c1-2-3-4-5-6-7-8-9-10-11-12-13-14-15-16-17-18-19;1-2-3-4-5-6-7-8-9-10-11-12-13-14-15-16(17)18/h9-10H,2-8,11-19H2,1H3;2-15H2,1H3,(H,17,18)/b10-9-;. The maximum absolute atomic E-state index is 10.3. The van der Waals surface area contributed by atoms with E-state index in [1.807, 2.05) is 0 Å². The van der Waals surface area contributed by atoms with Crippen molar-refractivity contribution >= 4 is 5.97 Å². The minimum atomic E-state index is -0.655. The molecule has 3 N–H and O–H groups in total. The third-order valence-corrected chi connectivity index (χ3v) is 7.21. The largest absolute Gasteiger partial charge is 0.481 e. The highest BCUT2D eigenvalue weighted by atomic mass is 16.4. The highest BCUT2D eigenvalue weighted by Gasteiger charge is 1.97. The van der Waals surface area contributed by atoms with E-state index in [0.717, 1.165) is 19.4 Å². The lowest BCUT2D eigenvalue weighted by molar-refractivity contribution is -0.137. The first-order chi connectivity index (χ1) is 18.2. The number of hydrogen-bond donors (Lipinski definition) is 2. The fourth-order valence-electron chi connectivity index (χ4n) is 4.69. The van der Waals surface area contributed by atoms with E-state index in [-0.39, 0.29) is 0 Å². The summed E-state index contributed by atoms with van der Waals surface area (Å²) in [6.45, 7) is 5.40. The summed E-state index contributed by atoms with van der Waals surface area (Å²) in [6, 6.07) is 0. The van der Waals surface area contributed by atoms with E-state index in [1.165, 1.54) is 161 Å². The smallest absolute Gasteiger partial charge is 0.303 e. The van der Waals surface area contributed by atoms with Crippen LogP contribution < -0.4 is 5.73 Å². The van der Waals surface area contributed by atoms with E-state index in [4.69, 9.17) is 10.8 Å². The van der Waals surface area contributed by atoms with Crippen molar-refractivity contribution in [2.75, 3.05) is 6.54 Å². The van der Waals surface area contributed by atoms with Crippen LogP contribution in [0.2, 0.25) is 0 Å². The molecule has 0 aliphatic heterocycles. The Bertz CT molecular complexity index is 436. The molecule has 0 aliphatic carbocycles. The van der Waals surface area contributed by atoms with Crippen LogP contribution in [0, 0.1) is 0 Å². The number of carboxylic acid groups (broad SMARTS) is 1. The van der Waals surface area contributed by atoms with Crippen LogP contribution in [0.3, 0.4) is 0 Å². The molecule has 0 radical (unpaired) electrons. The van der Waals surface area contributed by atoms with Gasteiger partial charge in [-0.05, 0) is 45.1 Å². The van der Waals surface area contributed by atoms with E-state index >= 15 is 0 Å². The molecule has 0 heterocycles. The number of allylic oxidation sites excluding steroid dienone is 2. The molecule has 0 unspecified atom stereocenters. The predicted molar refractivity (Wildman–Crippen MR) is 166 cm³/mol. The van der Waals surface area contributed by atoms with Crippen LogP contribution in [0.5, 0.6) is 0 Å². The number of unbranched alkanes of at least 4 members (excludes halogenated alkanes) is 24. The number of carbonyl (C=O) groups is 1.